The Morgan fingerprint density at radius 2 is 1.84 bits per heavy atom. The van der Waals surface area contributed by atoms with Gasteiger partial charge in [-0.25, -0.2) is 14.4 Å². The van der Waals surface area contributed by atoms with Crippen molar-refractivity contribution in [1.29, 1.82) is 0 Å². The molecular formula is C13H12FN5. The SMILES string of the molecule is Nc1ccc2c(n1)NC(N)(c1ccc(F)cc1)N=C2. The second-order valence-electron chi connectivity index (χ2n) is 4.33. The second-order valence-corrected chi connectivity index (χ2v) is 4.33. The topological polar surface area (TPSA) is 89.3 Å². The van der Waals surface area contributed by atoms with Crippen LogP contribution < -0.4 is 16.8 Å². The molecule has 0 spiro atoms. The molecule has 1 aliphatic rings. The molecule has 0 saturated heterocycles. The molecule has 0 aliphatic carbocycles. The van der Waals surface area contributed by atoms with Crippen molar-refractivity contribution in [2.45, 2.75) is 5.79 Å². The summed E-state index contributed by atoms with van der Waals surface area (Å²) in [6.07, 6.45) is 1.63. The van der Waals surface area contributed by atoms with Crippen LogP contribution in [0.3, 0.4) is 0 Å². The van der Waals surface area contributed by atoms with Gasteiger partial charge >= 0.3 is 0 Å². The summed E-state index contributed by atoms with van der Waals surface area (Å²) in [7, 11) is 0. The van der Waals surface area contributed by atoms with Crippen LogP contribution in [0.5, 0.6) is 0 Å². The lowest BCUT2D eigenvalue weighted by Crippen LogP contribution is -2.45. The molecule has 1 unspecified atom stereocenters. The van der Waals surface area contributed by atoms with Crippen LogP contribution in [-0.4, -0.2) is 11.2 Å². The molecule has 2 heterocycles. The average Bonchev–Trinajstić information content (AvgIpc) is 2.38. The maximum absolute atomic E-state index is 12.9. The summed E-state index contributed by atoms with van der Waals surface area (Å²) in [5.74, 6) is -0.540. The van der Waals surface area contributed by atoms with Crippen LogP contribution in [-0.2, 0) is 5.79 Å². The third-order valence-corrected chi connectivity index (χ3v) is 2.95. The number of nitrogens with zero attached hydrogens (tertiary/aromatic N) is 2. The van der Waals surface area contributed by atoms with Crippen molar-refractivity contribution in [1.82, 2.24) is 4.98 Å². The highest BCUT2D eigenvalue weighted by atomic mass is 19.1. The van der Waals surface area contributed by atoms with Crippen LogP contribution in [0.1, 0.15) is 11.1 Å². The van der Waals surface area contributed by atoms with Gasteiger partial charge < -0.3 is 11.1 Å². The van der Waals surface area contributed by atoms with E-state index in [2.05, 4.69) is 15.3 Å². The Morgan fingerprint density at radius 1 is 1.11 bits per heavy atom. The molecule has 1 atom stereocenters. The van der Waals surface area contributed by atoms with E-state index in [1.54, 1.807) is 30.5 Å². The molecular weight excluding hydrogens is 245 g/mol. The van der Waals surface area contributed by atoms with Crippen LogP contribution in [0.4, 0.5) is 16.0 Å². The van der Waals surface area contributed by atoms with Crippen LogP contribution in [0.25, 0.3) is 0 Å². The van der Waals surface area contributed by atoms with Crippen molar-refractivity contribution in [3.05, 3.63) is 53.3 Å². The number of hydrogen-bond acceptors (Lipinski definition) is 5. The minimum absolute atomic E-state index is 0.324. The Morgan fingerprint density at radius 3 is 2.58 bits per heavy atom. The number of nitrogens with one attached hydrogen (secondary N) is 1. The zero-order valence-electron chi connectivity index (χ0n) is 9.97. The van der Waals surface area contributed by atoms with E-state index < -0.39 is 5.79 Å². The normalized spacial score (nSPS) is 20.7. The average molecular weight is 257 g/mol. The summed E-state index contributed by atoms with van der Waals surface area (Å²) >= 11 is 0. The zero-order valence-corrected chi connectivity index (χ0v) is 9.97. The zero-order chi connectivity index (χ0) is 13.5. The van der Waals surface area contributed by atoms with E-state index in [1.165, 1.54) is 12.1 Å². The smallest absolute Gasteiger partial charge is 0.210 e. The number of aliphatic imine (C=N–C) groups is 1. The highest BCUT2D eigenvalue weighted by molar-refractivity contribution is 5.89. The predicted octanol–water partition coefficient (Wildman–Crippen LogP) is 1.42. The van der Waals surface area contributed by atoms with E-state index >= 15 is 0 Å². The number of benzene rings is 1. The van der Waals surface area contributed by atoms with Crippen LogP contribution in [0, 0.1) is 5.82 Å². The Balaban J connectivity index is 2.02. The highest BCUT2D eigenvalue weighted by Crippen LogP contribution is 2.28. The molecule has 1 aromatic heterocycles. The molecule has 2 aromatic rings. The summed E-state index contributed by atoms with van der Waals surface area (Å²) < 4.78 is 12.9. The van der Waals surface area contributed by atoms with E-state index in [9.17, 15) is 4.39 Å². The van der Waals surface area contributed by atoms with E-state index in [0.717, 1.165) is 5.56 Å². The van der Waals surface area contributed by atoms with Gasteiger partial charge in [-0.1, -0.05) is 12.1 Å². The summed E-state index contributed by atoms with van der Waals surface area (Å²) in [5.41, 5.74) is 13.3. The van der Waals surface area contributed by atoms with Crippen molar-refractivity contribution in [3.8, 4) is 0 Å². The number of anilines is 2. The number of rotatable bonds is 1. The standard InChI is InChI=1S/C13H12FN5/c14-10-4-2-9(3-5-10)13(16)17-7-8-1-6-11(15)18-12(8)19-13/h1-7H,16H2,(H3,15,18,19). The molecule has 0 amide bonds. The van der Waals surface area contributed by atoms with Gasteiger partial charge in [0, 0.05) is 17.3 Å². The lowest BCUT2D eigenvalue weighted by atomic mass is 10.1. The summed E-state index contributed by atoms with van der Waals surface area (Å²) in [5, 5.41) is 3.02. The summed E-state index contributed by atoms with van der Waals surface area (Å²) in [6.45, 7) is 0. The Kier molecular flexibility index (Phi) is 2.46. The monoisotopic (exact) mass is 257 g/mol. The lowest BCUT2D eigenvalue weighted by Gasteiger charge is -2.31. The van der Waals surface area contributed by atoms with Gasteiger partial charge in [0.05, 0.1) is 0 Å². The molecule has 96 valence electrons. The van der Waals surface area contributed by atoms with Gasteiger partial charge in [-0.15, -0.1) is 0 Å². The molecule has 3 rings (SSSR count). The van der Waals surface area contributed by atoms with Crippen molar-refractivity contribution >= 4 is 17.9 Å². The first-order chi connectivity index (χ1) is 9.07. The molecule has 1 aromatic carbocycles. The number of halogens is 1. The van der Waals surface area contributed by atoms with Gasteiger partial charge in [0.1, 0.15) is 17.5 Å². The van der Waals surface area contributed by atoms with Crippen molar-refractivity contribution < 1.29 is 4.39 Å². The van der Waals surface area contributed by atoms with Gasteiger partial charge in [-0.2, -0.15) is 0 Å². The summed E-state index contributed by atoms with van der Waals surface area (Å²) in [6, 6.07) is 9.33. The molecule has 0 bridgehead atoms. The number of hydrogen-bond donors (Lipinski definition) is 3. The number of aromatic nitrogens is 1. The Labute approximate surface area is 109 Å². The molecule has 5 nitrogen and oxygen atoms in total. The fourth-order valence-electron chi connectivity index (χ4n) is 1.92. The first kappa shape index (κ1) is 11.6. The van der Waals surface area contributed by atoms with Gasteiger partial charge in [-0.05, 0) is 24.3 Å². The first-order valence-electron chi connectivity index (χ1n) is 5.72. The van der Waals surface area contributed by atoms with Gasteiger partial charge in [0.25, 0.3) is 0 Å². The van der Waals surface area contributed by atoms with Gasteiger partial charge in [0.15, 0.2) is 0 Å². The number of fused-ring (bicyclic) bond motifs is 1. The third kappa shape index (κ3) is 2.02. The maximum Gasteiger partial charge on any atom is 0.210 e. The number of nitrogens with two attached hydrogens (primary N) is 2. The molecule has 0 fully saturated rings. The van der Waals surface area contributed by atoms with E-state index in [1.807, 2.05) is 0 Å². The van der Waals surface area contributed by atoms with Crippen molar-refractivity contribution in [3.63, 3.8) is 0 Å². The summed E-state index contributed by atoms with van der Waals surface area (Å²) in [4.78, 5) is 8.44. The van der Waals surface area contributed by atoms with Gasteiger partial charge in [-0.3, -0.25) is 5.73 Å². The quantitative estimate of drug-likeness (QED) is 0.720. The molecule has 19 heavy (non-hydrogen) atoms. The predicted molar refractivity (Wildman–Crippen MR) is 72.1 cm³/mol. The Hall–Kier alpha value is -2.47. The second kappa shape index (κ2) is 4.03. The number of nitrogen functional groups attached to an aromatic ring is 1. The van der Waals surface area contributed by atoms with Crippen LogP contribution in [0.2, 0.25) is 0 Å². The maximum atomic E-state index is 12.9. The first-order valence-corrected chi connectivity index (χ1v) is 5.72. The van der Waals surface area contributed by atoms with Crippen LogP contribution >= 0.6 is 0 Å². The van der Waals surface area contributed by atoms with E-state index in [-0.39, 0.29) is 5.82 Å². The molecule has 6 heteroatoms. The third-order valence-electron chi connectivity index (χ3n) is 2.95. The highest BCUT2D eigenvalue weighted by Gasteiger charge is 2.30. The molecule has 1 aliphatic heterocycles. The molecule has 0 saturated carbocycles. The van der Waals surface area contributed by atoms with E-state index in [0.29, 0.717) is 17.2 Å². The van der Waals surface area contributed by atoms with Crippen molar-refractivity contribution in [2.75, 3.05) is 11.1 Å². The lowest BCUT2D eigenvalue weighted by molar-refractivity contribution is 0.535. The van der Waals surface area contributed by atoms with Gasteiger partial charge in [0.2, 0.25) is 5.79 Å². The Bertz CT molecular complexity index is 653. The van der Waals surface area contributed by atoms with Crippen molar-refractivity contribution in [2.24, 2.45) is 10.7 Å². The fourth-order valence-corrected chi connectivity index (χ4v) is 1.92. The number of pyridine rings is 1. The van der Waals surface area contributed by atoms with Crippen LogP contribution in [0.15, 0.2) is 41.4 Å². The fraction of sp³-hybridized carbons (Fsp3) is 0.0769. The molecule has 5 N–H and O–H groups in total. The minimum atomic E-state index is -1.17. The minimum Gasteiger partial charge on any atom is -0.384 e. The largest absolute Gasteiger partial charge is 0.384 e. The molecule has 0 radical (unpaired) electrons. The van der Waals surface area contributed by atoms with E-state index in [4.69, 9.17) is 11.5 Å².